The molecule has 1 aliphatic rings. The van der Waals surface area contributed by atoms with Gasteiger partial charge in [0.25, 0.3) is 0 Å². The number of H-pyrrole nitrogens is 1. The third-order valence-electron chi connectivity index (χ3n) is 3.38. The summed E-state index contributed by atoms with van der Waals surface area (Å²) in [4.78, 5) is 0. The van der Waals surface area contributed by atoms with Crippen LogP contribution in [0.2, 0.25) is 0 Å². The van der Waals surface area contributed by atoms with Crippen LogP contribution in [0.5, 0.6) is 0 Å². The molecule has 0 amide bonds. The largest absolute Gasteiger partial charge is 0.368 e. The topological polar surface area (TPSA) is 59.6 Å². The highest BCUT2D eigenvalue weighted by molar-refractivity contribution is 7.71. The van der Waals surface area contributed by atoms with E-state index in [1.165, 1.54) is 19.3 Å². The molecule has 0 radical (unpaired) electrons. The SMILES string of the molecule is CC(C)(C1CCC1)n1c(N)n[nH]c1=S. The van der Waals surface area contributed by atoms with E-state index in [2.05, 4.69) is 24.0 Å². The van der Waals surface area contributed by atoms with Crippen molar-refractivity contribution < 1.29 is 0 Å². The van der Waals surface area contributed by atoms with Crippen molar-refractivity contribution in [1.29, 1.82) is 0 Å². The van der Waals surface area contributed by atoms with E-state index in [0.717, 1.165) is 0 Å². The minimum atomic E-state index is -0.00752. The van der Waals surface area contributed by atoms with E-state index in [9.17, 15) is 0 Å². The summed E-state index contributed by atoms with van der Waals surface area (Å²) in [5, 5.41) is 6.68. The fourth-order valence-corrected chi connectivity index (χ4v) is 2.54. The lowest BCUT2D eigenvalue weighted by molar-refractivity contribution is 0.128. The normalized spacial score (nSPS) is 18.1. The van der Waals surface area contributed by atoms with E-state index >= 15 is 0 Å². The first-order chi connectivity index (χ1) is 6.53. The Balaban J connectivity index is 2.41. The number of hydrogen-bond donors (Lipinski definition) is 2. The maximum absolute atomic E-state index is 5.80. The molecular weight excluding hydrogens is 196 g/mol. The Morgan fingerprint density at radius 3 is 2.57 bits per heavy atom. The number of hydrogen-bond acceptors (Lipinski definition) is 3. The van der Waals surface area contributed by atoms with Gasteiger partial charge in [-0.3, -0.25) is 4.57 Å². The van der Waals surface area contributed by atoms with Gasteiger partial charge in [0.2, 0.25) is 5.95 Å². The summed E-state index contributed by atoms with van der Waals surface area (Å²) in [6.45, 7) is 4.36. The summed E-state index contributed by atoms with van der Waals surface area (Å²) in [5.41, 5.74) is 5.79. The van der Waals surface area contributed by atoms with Gasteiger partial charge < -0.3 is 5.73 Å². The molecule has 0 aromatic carbocycles. The van der Waals surface area contributed by atoms with E-state index < -0.39 is 0 Å². The number of aromatic amines is 1. The fourth-order valence-electron chi connectivity index (χ4n) is 2.16. The molecule has 1 saturated carbocycles. The lowest BCUT2D eigenvalue weighted by Gasteiger charge is -2.41. The lowest BCUT2D eigenvalue weighted by atomic mass is 9.72. The highest BCUT2D eigenvalue weighted by atomic mass is 32.1. The maximum Gasteiger partial charge on any atom is 0.220 e. The first kappa shape index (κ1) is 9.71. The van der Waals surface area contributed by atoms with Crippen LogP contribution in [0.25, 0.3) is 0 Å². The van der Waals surface area contributed by atoms with Gasteiger partial charge in [0.15, 0.2) is 4.77 Å². The first-order valence-electron chi connectivity index (χ1n) is 4.97. The number of nitrogens with one attached hydrogen (secondary N) is 1. The third kappa shape index (κ3) is 1.27. The summed E-state index contributed by atoms with van der Waals surface area (Å²) in [7, 11) is 0. The van der Waals surface area contributed by atoms with Crippen LogP contribution in [0.1, 0.15) is 33.1 Å². The molecule has 5 heteroatoms. The van der Waals surface area contributed by atoms with E-state index in [1.54, 1.807) is 0 Å². The molecule has 0 atom stereocenters. The molecule has 0 unspecified atom stereocenters. The molecule has 78 valence electrons. The van der Waals surface area contributed by atoms with Gasteiger partial charge in [-0.05, 0) is 44.8 Å². The Bertz CT molecular complexity index is 386. The van der Waals surface area contributed by atoms with E-state index in [1.807, 2.05) is 4.57 Å². The van der Waals surface area contributed by atoms with Gasteiger partial charge in [-0.1, -0.05) is 6.42 Å². The van der Waals surface area contributed by atoms with E-state index in [-0.39, 0.29) is 5.54 Å². The van der Waals surface area contributed by atoms with Crippen LogP contribution in [0.4, 0.5) is 5.95 Å². The third-order valence-corrected chi connectivity index (χ3v) is 3.65. The fraction of sp³-hybridized carbons (Fsp3) is 0.778. The quantitative estimate of drug-likeness (QED) is 0.738. The molecule has 0 spiro atoms. The van der Waals surface area contributed by atoms with Gasteiger partial charge in [0.1, 0.15) is 0 Å². The number of nitrogens with zero attached hydrogens (tertiary/aromatic N) is 2. The van der Waals surface area contributed by atoms with Crippen LogP contribution >= 0.6 is 12.2 Å². The zero-order chi connectivity index (χ0) is 10.3. The van der Waals surface area contributed by atoms with E-state index in [4.69, 9.17) is 18.0 Å². The molecule has 4 nitrogen and oxygen atoms in total. The van der Waals surface area contributed by atoms with Crippen molar-refractivity contribution in [3.05, 3.63) is 4.77 Å². The first-order valence-corrected chi connectivity index (χ1v) is 5.37. The number of anilines is 1. The second kappa shape index (κ2) is 3.08. The van der Waals surface area contributed by atoms with Crippen molar-refractivity contribution in [2.24, 2.45) is 5.92 Å². The second-order valence-corrected chi connectivity index (χ2v) is 4.89. The van der Waals surface area contributed by atoms with Crippen molar-refractivity contribution >= 4 is 18.2 Å². The molecule has 1 aromatic heterocycles. The molecule has 1 fully saturated rings. The molecule has 14 heavy (non-hydrogen) atoms. The average Bonchev–Trinajstić information content (AvgIpc) is 2.25. The number of nitrogen functional groups attached to an aromatic ring is 1. The minimum Gasteiger partial charge on any atom is -0.368 e. The Hall–Kier alpha value is -0.840. The Morgan fingerprint density at radius 1 is 1.57 bits per heavy atom. The van der Waals surface area contributed by atoms with Gasteiger partial charge in [0.05, 0.1) is 0 Å². The molecule has 2 rings (SSSR count). The highest BCUT2D eigenvalue weighted by Crippen LogP contribution is 2.41. The highest BCUT2D eigenvalue weighted by Gasteiger charge is 2.37. The predicted molar refractivity (Wildman–Crippen MR) is 58.5 cm³/mol. The summed E-state index contributed by atoms with van der Waals surface area (Å²) in [5.74, 6) is 1.17. The van der Waals surface area contributed by atoms with E-state index in [0.29, 0.717) is 16.6 Å². The Labute approximate surface area is 88.5 Å². The zero-order valence-electron chi connectivity index (χ0n) is 8.58. The molecule has 0 saturated heterocycles. The van der Waals surface area contributed by atoms with Gasteiger partial charge in [-0.2, -0.15) is 0 Å². The van der Waals surface area contributed by atoms with Crippen LogP contribution in [-0.4, -0.2) is 14.8 Å². The van der Waals surface area contributed by atoms with Gasteiger partial charge in [-0.25, -0.2) is 5.10 Å². The molecular formula is C9H16N4S. The van der Waals surface area contributed by atoms with Crippen molar-refractivity contribution in [2.45, 2.75) is 38.6 Å². The van der Waals surface area contributed by atoms with Crippen LogP contribution in [-0.2, 0) is 5.54 Å². The van der Waals surface area contributed by atoms with Gasteiger partial charge in [-0.15, -0.1) is 5.10 Å². The molecule has 0 bridgehead atoms. The maximum atomic E-state index is 5.80. The summed E-state index contributed by atoms with van der Waals surface area (Å²) < 4.78 is 2.56. The number of nitrogens with two attached hydrogens (primary N) is 1. The van der Waals surface area contributed by atoms with Gasteiger partial charge in [0, 0.05) is 5.54 Å². The minimum absolute atomic E-state index is 0.00752. The van der Waals surface area contributed by atoms with Crippen LogP contribution in [0.15, 0.2) is 0 Å². The monoisotopic (exact) mass is 212 g/mol. The lowest BCUT2D eigenvalue weighted by Crippen LogP contribution is -2.39. The molecule has 3 N–H and O–H groups in total. The average molecular weight is 212 g/mol. The summed E-state index contributed by atoms with van der Waals surface area (Å²) >= 11 is 5.18. The smallest absolute Gasteiger partial charge is 0.220 e. The number of aromatic nitrogens is 3. The Morgan fingerprint density at radius 2 is 2.21 bits per heavy atom. The van der Waals surface area contributed by atoms with Crippen LogP contribution < -0.4 is 5.73 Å². The van der Waals surface area contributed by atoms with Crippen molar-refractivity contribution in [3.63, 3.8) is 0 Å². The number of rotatable bonds is 2. The molecule has 1 aliphatic carbocycles. The van der Waals surface area contributed by atoms with Crippen molar-refractivity contribution in [3.8, 4) is 0 Å². The Kier molecular flexibility index (Phi) is 2.14. The predicted octanol–water partition coefficient (Wildman–Crippen LogP) is 2.06. The molecule has 1 aromatic rings. The second-order valence-electron chi connectivity index (χ2n) is 4.50. The van der Waals surface area contributed by atoms with Gasteiger partial charge >= 0.3 is 0 Å². The van der Waals surface area contributed by atoms with Crippen molar-refractivity contribution in [2.75, 3.05) is 5.73 Å². The van der Waals surface area contributed by atoms with Crippen LogP contribution in [0.3, 0.4) is 0 Å². The molecule has 0 aliphatic heterocycles. The molecule has 1 heterocycles. The standard InChI is InChI=1S/C9H16N4S/c1-9(2,6-4-3-5-6)13-7(10)11-12-8(13)14/h6H,3-5H2,1-2H3,(H2,10,11)(H,12,14). The zero-order valence-corrected chi connectivity index (χ0v) is 9.40. The summed E-state index contributed by atoms with van der Waals surface area (Å²) in [6, 6.07) is 0. The van der Waals surface area contributed by atoms with Crippen molar-refractivity contribution in [1.82, 2.24) is 14.8 Å². The van der Waals surface area contributed by atoms with Crippen LogP contribution in [0, 0.1) is 10.7 Å². The summed E-state index contributed by atoms with van der Waals surface area (Å²) in [6.07, 6.45) is 3.85.